The number of aromatic nitrogens is 4. The lowest BCUT2D eigenvalue weighted by molar-refractivity contribution is -0.122. The van der Waals surface area contributed by atoms with Gasteiger partial charge in [-0.05, 0) is 13.0 Å². The summed E-state index contributed by atoms with van der Waals surface area (Å²) >= 11 is 5.87. The van der Waals surface area contributed by atoms with Gasteiger partial charge >= 0.3 is 0 Å². The van der Waals surface area contributed by atoms with E-state index < -0.39 is 0 Å². The standard InChI is InChI=1S/C11H14ClN5O/c1-8-10(12)6-17(15-8)7-11(18)13-5-9-3-4-14-16(9)2/h3-4,6H,5,7H2,1-2H3,(H,13,18). The Labute approximate surface area is 110 Å². The highest BCUT2D eigenvalue weighted by Crippen LogP contribution is 2.11. The fourth-order valence-electron chi connectivity index (χ4n) is 1.54. The highest BCUT2D eigenvalue weighted by molar-refractivity contribution is 6.31. The maximum Gasteiger partial charge on any atom is 0.242 e. The zero-order chi connectivity index (χ0) is 13.1. The third-order valence-corrected chi connectivity index (χ3v) is 2.95. The molecule has 0 aliphatic heterocycles. The predicted molar refractivity (Wildman–Crippen MR) is 67.0 cm³/mol. The Morgan fingerprint density at radius 2 is 2.33 bits per heavy atom. The fraction of sp³-hybridized carbons (Fsp3) is 0.364. The SMILES string of the molecule is Cc1nn(CC(=O)NCc2ccnn2C)cc1Cl. The van der Waals surface area contributed by atoms with Crippen LogP contribution in [0.2, 0.25) is 5.02 Å². The number of hydrogen-bond donors (Lipinski definition) is 1. The molecular weight excluding hydrogens is 254 g/mol. The Morgan fingerprint density at radius 3 is 2.89 bits per heavy atom. The number of nitrogens with zero attached hydrogens (tertiary/aromatic N) is 4. The Hall–Kier alpha value is -1.82. The molecule has 7 heteroatoms. The van der Waals surface area contributed by atoms with Gasteiger partial charge in [0.2, 0.25) is 5.91 Å². The lowest BCUT2D eigenvalue weighted by Crippen LogP contribution is -2.28. The van der Waals surface area contributed by atoms with E-state index in [1.165, 1.54) is 4.68 Å². The molecule has 2 aromatic rings. The summed E-state index contributed by atoms with van der Waals surface area (Å²) in [5.74, 6) is -0.115. The number of aryl methyl sites for hydroxylation is 2. The molecule has 0 bridgehead atoms. The topological polar surface area (TPSA) is 64.7 Å². The van der Waals surface area contributed by atoms with Crippen LogP contribution in [-0.2, 0) is 24.9 Å². The number of carbonyl (C=O) groups is 1. The van der Waals surface area contributed by atoms with Crippen molar-refractivity contribution >= 4 is 17.5 Å². The van der Waals surface area contributed by atoms with Gasteiger partial charge in [-0.1, -0.05) is 11.6 Å². The molecule has 18 heavy (non-hydrogen) atoms. The molecule has 0 atom stereocenters. The Morgan fingerprint density at radius 1 is 1.56 bits per heavy atom. The molecule has 0 radical (unpaired) electrons. The van der Waals surface area contributed by atoms with E-state index in [1.807, 2.05) is 13.1 Å². The van der Waals surface area contributed by atoms with Crippen LogP contribution in [0.25, 0.3) is 0 Å². The van der Waals surface area contributed by atoms with Gasteiger partial charge < -0.3 is 5.32 Å². The van der Waals surface area contributed by atoms with Crippen LogP contribution in [0.3, 0.4) is 0 Å². The number of amides is 1. The van der Waals surface area contributed by atoms with Crippen LogP contribution in [0.1, 0.15) is 11.4 Å². The summed E-state index contributed by atoms with van der Waals surface area (Å²) < 4.78 is 3.24. The molecule has 1 amide bonds. The summed E-state index contributed by atoms with van der Waals surface area (Å²) in [5, 5.41) is 11.5. The Bertz CT molecular complexity index is 540. The summed E-state index contributed by atoms with van der Waals surface area (Å²) in [7, 11) is 1.83. The molecule has 6 nitrogen and oxygen atoms in total. The number of nitrogens with one attached hydrogen (secondary N) is 1. The van der Waals surface area contributed by atoms with Gasteiger partial charge in [0.15, 0.2) is 0 Å². The van der Waals surface area contributed by atoms with Crippen molar-refractivity contribution in [3.05, 3.63) is 34.9 Å². The second-order valence-electron chi connectivity index (χ2n) is 3.98. The zero-order valence-corrected chi connectivity index (χ0v) is 11.0. The first-order chi connectivity index (χ1) is 8.56. The smallest absolute Gasteiger partial charge is 0.242 e. The van der Waals surface area contributed by atoms with Crippen LogP contribution < -0.4 is 5.32 Å². The van der Waals surface area contributed by atoms with E-state index in [0.717, 1.165) is 11.4 Å². The highest BCUT2D eigenvalue weighted by Gasteiger charge is 2.07. The maximum atomic E-state index is 11.7. The third kappa shape index (κ3) is 2.89. The fourth-order valence-corrected chi connectivity index (χ4v) is 1.69. The molecule has 0 fully saturated rings. The van der Waals surface area contributed by atoms with E-state index in [9.17, 15) is 4.79 Å². The average Bonchev–Trinajstić information content (AvgIpc) is 2.84. The van der Waals surface area contributed by atoms with Crippen LogP contribution in [0.5, 0.6) is 0 Å². The normalized spacial score (nSPS) is 10.6. The molecule has 0 unspecified atom stereocenters. The van der Waals surface area contributed by atoms with E-state index in [-0.39, 0.29) is 12.5 Å². The number of rotatable bonds is 4. The predicted octanol–water partition coefficient (Wildman–Crippen LogP) is 0.895. The molecule has 2 aromatic heterocycles. The molecule has 1 N–H and O–H groups in total. The lowest BCUT2D eigenvalue weighted by Gasteiger charge is -2.05. The first kappa shape index (κ1) is 12.6. The number of halogens is 1. The minimum atomic E-state index is -0.115. The minimum Gasteiger partial charge on any atom is -0.349 e. The van der Waals surface area contributed by atoms with Crippen molar-refractivity contribution in [3.8, 4) is 0 Å². The number of hydrogen-bond acceptors (Lipinski definition) is 3. The molecule has 2 rings (SSSR count). The van der Waals surface area contributed by atoms with Crippen molar-refractivity contribution in [2.75, 3.05) is 0 Å². The van der Waals surface area contributed by atoms with Crippen LogP contribution in [0, 0.1) is 6.92 Å². The molecule has 96 valence electrons. The monoisotopic (exact) mass is 267 g/mol. The third-order valence-electron chi connectivity index (χ3n) is 2.58. The van der Waals surface area contributed by atoms with Crippen molar-refractivity contribution in [3.63, 3.8) is 0 Å². The first-order valence-corrected chi connectivity index (χ1v) is 5.87. The summed E-state index contributed by atoms with van der Waals surface area (Å²) in [6.45, 7) is 2.40. The van der Waals surface area contributed by atoms with Crippen molar-refractivity contribution < 1.29 is 4.79 Å². The first-order valence-electron chi connectivity index (χ1n) is 5.49. The van der Waals surface area contributed by atoms with Crippen molar-refractivity contribution in [2.24, 2.45) is 7.05 Å². The van der Waals surface area contributed by atoms with Gasteiger partial charge in [-0.25, -0.2) is 0 Å². The van der Waals surface area contributed by atoms with E-state index >= 15 is 0 Å². The van der Waals surface area contributed by atoms with Crippen LogP contribution in [-0.4, -0.2) is 25.5 Å². The van der Waals surface area contributed by atoms with E-state index in [1.54, 1.807) is 24.0 Å². The van der Waals surface area contributed by atoms with Crippen molar-refractivity contribution in [1.82, 2.24) is 24.9 Å². The summed E-state index contributed by atoms with van der Waals surface area (Å²) in [6.07, 6.45) is 3.33. The average molecular weight is 268 g/mol. The van der Waals surface area contributed by atoms with Gasteiger partial charge in [0.05, 0.1) is 23.0 Å². The summed E-state index contributed by atoms with van der Waals surface area (Å²) in [5.41, 5.74) is 1.66. The second kappa shape index (κ2) is 5.22. The Kier molecular flexibility index (Phi) is 3.66. The molecule has 0 saturated carbocycles. The molecule has 0 aliphatic rings. The van der Waals surface area contributed by atoms with Crippen molar-refractivity contribution in [2.45, 2.75) is 20.0 Å². The Balaban J connectivity index is 1.87. The van der Waals surface area contributed by atoms with Crippen LogP contribution in [0.4, 0.5) is 0 Å². The van der Waals surface area contributed by atoms with E-state index in [0.29, 0.717) is 11.6 Å². The molecular formula is C11H14ClN5O. The lowest BCUT2D eigenvalue weighted by atomic mass is 10.4. The van der Waals surface area contributed by atoms with Gasteiger partial charge in [0.25, 0.3) is 0 Å². The van der Waals surface area contributed by atoms with Crippen molar-refractivity contribution in [1.29, 1.82) is 0 Å². The molecule has 2 heterocycles. The largest absolute Gasteiger partial charge is 0.349 e. The number of carbonyl (C=O) groups excluding carboxylic acids is 1. The molecule has 0 saturated heterocycles. The van der Waals surface area contributed by atoms with Gasteiger partial charge in [0, 0.05) is 19.4 Å². The second-order valence-corrected chi connectivity index (χ2v) is 4.39. The van der Waals surface area contributed by atoms with E-state index in [4.69, 9.17) is 11.6 Å². The summed E-state index contributed by atoms with van der Waals surface area (Å²) in [6, 6.07) is 1.86. The molecule has 0 aliphatic carbocycles. The maximum absolute atomic E-state index is 11.7. The van der Waals surface area contributed by atoms with Gasteiger partial charge in [-0.3, -0.25) is 14.2 Å². The van der Waals surface area contributed by atoms with Gasteiger partial charge in [-0.2, -0.15) is 10.2 Å². The van der Waals surface area contributed by atoms with Gasteiger partial charge in [0.1, 0.15) is 6.54 Å². The zero-order valence-electron chi connectivity index (χ0n) is 10.2. The molecule has 0 spiro atoms. The summed E-state index contributed by atoms with van der Waals surface area (Å²) in [4.78, 5) is 11.7. The van der Waals surface area contributed by atoms with Gasteiger partial charge in [-0.15, -0.1) is 0 Å². The molecule has 0 aromatic carbocycles. The van der Waals surface area contributed by atoms with E-state index in [2.05, 4.69) is 15.5 Å². The van der Waals surface area contributed by atoms with Crippen LogP contribution in [0.15, 0.2) is 18.5 Å². The quantitative estimate of drug-likeness (QED) is 0.895. The minimum absolute atomic E-state index is 0.115. The van der Waals surface area contributed by atoms with Crippen LogP contribution >= 0.6 is 11.6 Å². The highest BCUT2D eigenvalue weighted by atomic mass is 35.5.